The number of fused-ring (bicyclic) bond motifs is 1. The Kier molecular flexibility index (Phi) is 6.50. The second-order valence-corrected chi connectivity index (χ2v) is 9.32. The molecule has 0 amide bonds. The van der Waals surface area contributed by atoms with Gasteiger partial charge in [-0.05, 0) is 69.6 Å². The van der Waals surface area contributed by atoms with Gasteiger partial charge in [-0.3, -0.25) is 9.36 Å². The van der Waals surface area contributed by atoms with Gasteiger partial charge in [0.25, 0.3) is 5.56 Å². The highest BCUT2D eigenvalue weighted by Gasteiger charge is 2.18. The van der Waals surface area contributed by atoms with Crippen molar-refractivity contribution in [1.29, 1.82) is 0 Å². The van der Waals surface area contributed by atoms with Gasteiger partial charge in [-0.15, -0.1) is 0 Å². The Morgan fingerprint density at radius 1 is 1.03 bits per heavy atom. The first kappa shape index (κ1) is 22.4. The molecule has 1 saturated heterocycles. The van der Waals surface area contributed by atoms with Crippen LogP contribution in [0.5, 0.6) is 17.5 Å². The van der Waals surface area contributed by atoms with Crippen molar-refractivity contribution < 1.29 is 9.47 Å². The van der Waals surface area contributed by atoms with Crippen molar-refractivity contribution in [3.63, 3.8) is 0 Å². The predicted molar refractivity (Wildman–Crippen MR) is 131 cm³/mol. The third-order valence-electron chi connectivity index (χ3n) is 6.61. The lowest BCUT2D eigenvalue weighted by Gasteiger charge is -2.30. The van der Waals surface area contributed by atoms with Gasteiger partial charge in [0.1, 0.15) is 23.3 Å². The van der Waals surface area contributed by atoms with E-state index in [-0.39, 0.29) is 17.7 Å². The number of aromatic nitrogens is 3. The summed E-state index contributed by atoms with van der Waals surface area (Å²) in [6.45, 7) is 2.06. The molecule has 176 valence electrons. The lowest BCUT2D eigenvalue weighted by Crippen LogP contribution is -2.38. The third kappa shape index (κ3) is 5.07. The van der Waals surface area contributed by atoms with Crippen LogP contribution in [0.25, 0.3) is 11.0 Å². The van der Waals surface area contributed by atoms with Gasteiger partial charge in [0, 0.05) is 31.1 Å². The first-order chi connectivity index (χ1) is 16.5. The highest BCUT2D eigenvalue weighted by Crippen LogP contribution is 2.25. The Morgan fingerprint density at radius 2 is 1.79 bits per heavy atom. The molecule has 1 unspecified atom stereocenters. The number of pyridine rings is 1. The lowest BCUT2D eigenvalue weighted by atomic mass is 10.1. The molecule has 7 nitrogen and oxygen atoms in total. The molecule has 2 aliphatic rings. The largest absolute Gasteiger partial charge is 0.489 e. The molecule has 2 fully saturated rings. The van der Waals surface area contributed by atoms with Crippen LogP contribution in [0.2, 0.25) is 0 Å². The summed E-state index contributed by atoms with van der Waals surface area (Å²) in [7, 11) is 3.83. The van der Waals surface area contributed by atoms with Crippen molar-refractivity contribution >= 4 is 11.0 Å². The van der Waals surface area contributed by atoms with Crippen LogP contribution in [0.3, 0.4) is 0 Å². The maximum Gasteiger partial charge on any atom is 0.323 e. The summed E-state index contributed by atoms with van der Waals surface area (Å²) in [5, 5.41) is 0.756. The first-order valence-corrected chi connectivity index (χ1v) is 12.1. The number of aryl methyl sites for hydroxylation is 1. The fourth-order valence-electron chi connectivity index (χ4n) is 4.72. The number of hydrogen-bond donors (Lipinski definition) is 0. The molecule has 0 bridgehead atoms. The fourth-order valence-corrected chi connectivity index (χ4v) is 4.72. The molecule has 1 atom stereocenters. The minimum atomic E-state index is -0.155. The van der Waals surface area contributed by atoms with E-state index >= 15 is 0 Å². The molecule has 1 aromatic carbocycles. The summed E-state index contributed by atoms with van der Waals surface area (Å²) in [6, 6.07) is 9.45. The van der Waals surface area contributed by atoms with Crippen molar-refractivity contribution in [1.82, 2.24) is 19.4 Å². The average Bonchev–Trinajstić information content (AvgIpc) is 3.36. The number of hydrogen-bond acceptors (Lipinski definition) is 6. The summed E-state index contributed by atoms with van der Waals surface area (Å²) in [5.41, 5.74) is 0.846. The van der Waals surface area contributed by atoms with Crippen LogP contribution in [0.4, 0.5) is 0 Å². The highest BCUT2D eigenvalue weighted by molar-refractivity contribution is 5.76. The Morgan fingerprint density at radius 3 is 2.56 bits per heavy atom. The van der Waals surface area contributed by atoms with Gasteiger partial charge in [-0.1, -0.05) is 24.7 Å². The van der Waals surface area contributed by atoms with Gasteiger partial charge in [0.05, 0.1) is 5.56 Å². The molecule has 3 heterocycles. The molecular weight excluding hydrogens is 428 g/mol. The fraction of sp³-hybridized carbons (Fsp3) is 0.444. The van der Waals surface area contributed by atoms with E-state index in [0.717, 1.165) is 49.9 Å². The van der Waals surface area contributed by atoms with E-state index in [1.54, 1.807) is 19.3 Å². The molecular formula is C27H30N4O3. The summed E-state index contributed by atoms with van der Waals surface area (Å²) < 4.78 is 13.5. The van der Waals surface area contributed by atoms with Crippen LogP contribution in [-0.2, 0) is 7.05 Å². The van der Waals surface area contributed by atoms with Crippen molar-refractivity contribution in [3.8, 4) is 29.4 Å². The number of piperidine rings is 1. The van der Waals surface area contributed by atoms with Crippen LogP contribution in [0.1, 0.15) is 44.1 Å². The van der Waals surface area contributed by atoms with E-state index < -0.39 is 0 Å². The SMILES string of the molecule is CN1CCCC(Oc2ccc(Oc3ncc4cc(C#CC5CCCC5)c(=O)n(C)c4n3)cc2)C1. The second kappa shape index (κ2) is 9.86. The maximum atomic E-state index is 12.8. The topological polar surface area (TPSA) is 69.5 Å². The smallest absolute Gasteiger partial charge is 0.323 e. The Labute approximate surface area is 199 Å². The van der Waals surface area contributed by atoms with Crippen molar-refractivity contribution in [3.05, 3.63) is 52.4 Å². The third-order valence-corrected chi connectivity index (χ3v) is 6.61. The molecule has 5 rings (SSSR count). The van der Waals surface area contributed by atoms with Crippen LogP contribution >= 0.6 is 0 Å². The molecule has 1 aliphatic carbocycles. The molecule has 0 radical (unpaired) electrons. The Hall–Kier alpha value is -3.37. The minimum absolute atomic E-state index is 0.155. The number of rotatable bonds is 4. The summed E-state index contributed by atoms with van der Waals surface area (Å²) in [6.07, 6.45) is 8.79. The molecule has 1 saturated carbocycles. The van der Waals surface area contributed by atoms with Gasteiger partial charge in [-0.2, -0.15) is 4.98 Å². The summed E-state index contributed by atoms with van der Waals surface area (Å²) in [5.74, 6) is 8.18. The number of ether oxygens (including phenoxy) is 2. The van der Waals surface area contributed by atoms with Gasteiger partial charge < -0.3 is 14.4 Å². The maximum absolute atomic E-state index is 12.8. The standard InChI is InChI=1S/C27H30N4O3/c1-30-15-5-8-24(18-30)33-22-11-13-23(14-12-22)34-27-28-17-21-16-20(10-9-19-6-3-4-7-19)26(32)31(2)25(21)29-27/h11-14,16-17,19,24H,3-8,15,18H2,1-2H3. The van der Waals surface area contributed by atoms with E-state index in [1.807, 2.05) is 24.3 Å². The zero-order valence-corrected chi connectivity index (χ0v) is 19.8. The first-order valence-electron chi connectivity index (χ1n) is 12.1. The van der Waals surface area contributed by atoms with Crippen LogP contribution < -0.4 is 15.0 Å². The van der Waals surface area contributed by atoms with E-state index in [9.17, 15) is 4.79 Å². The van der Waals surface area contributed by atoms with Crippen molar-refractivity contribution in [2.24, 2.45) is 13.0 Å². The predicted octanol–water partition coefficient (Wildman–Crippen LogP) is 4.14. The molecule has 7 heteroatoms. The minimum Gasteiger partial charge on any atom is -0.489 e. The van der Waals surface area contributed by atoms with Crippen LogP contribution in [0, 0.1) is 17.8 Å². The normalized spacial score (nSPS) is 19.1. The molecule has 0 spiro atoms. The van der Waals surface area contributed by atoms with E-state index in [1.165, 1.54) is 17.4 Å². The highest BCUT2D eigenvalue weighted by atomic mass is 16.5. The summed E-state index contributed by atoms with van der Waals surface area (Å²) >= 11 is 0. The number of nitrogens with zero attached hydrogens (tertiary/aromatic N) is 4. The molecule has 1 aliphatic heterocycles. The van der Waals surface area contributed by atoms with Crippen LogP contribution in [0.15, 0.2) is 41.3 Å². The Balaban J connectivity index is 1.31. The van der Waals surface area contributed by atoms with E-state index in [4.69, 9.17) is 9.47 Å². The molecule has 34 heavy (non-hydrogen) atoms. The number of benzene rings is 1. The molecule has 3 aromatic rings. The average molecular weight is 459 g/mol. The lowest BCUT2D eigenvalue weighted by molar-refractivity contribution is 0.104. The van der Waals surface area contributed by atoms with Gasteiger partial charge >= 0.3 is 6.01 Å². The van der Waals surface area contributed by atoms with Gasteiger partial charge in [0.2, 0.25) is 0 Å². The van der Waals surface area contributed by atoms with Gasteiger partial charge in [-0.25, -0.2) is 4.98 Å². The van der Waals surface area contributed by atoms with Crippen molar-refractivity contribution in [2.75, 3.05) is 20.1 Å². The number of likely N-dealkylation sites (N-methyl/N-ethyl adjacent to an activating group) is 1. The molecule has 0 N–H and O–H groups in total. The number of likely N-dealkylation sites (tertiary alicyclic amines) is 1. The zero-order valence-electron chi connectivity index (χ0n) is 19.8. The second-order valence-electron chi connectivity index (χ2n) is 9.32. The monoisotopic (exact) mass is 458 g/mol. The quantitative estimate of drug-likeness (QED) is 0.548. The van der Waals surface area contributed by atoms with E-state index in [2.05, 4.69) is 33.8 Å². The molecule has 2 aromatic heterocycles. The zero-order chi connectivity index (χ0) is 23.5. The van der Waals surface area contributed by atoms with Crippen LogP contribution in [-0.4, -0.2) is 45.7 Å². The van der Waals surface area contributed by atoms with Crippen molar-refractivity contribution in [2.45, 2.75) is 44.6 Å². The summed E-state index contributed by atoms with van der Waals surface area (Å²) in [4.78, 5) is 23.9. The van der Waals surface area contributed by atoms with Gasteiger partial charge in [0.15, 0.2) is 0 Å². The Bertz CT molecular complexity index is 1280. The van der Waals surface area contributed by atoms with E-state index in [0.29, 0.717) is 22.9 Å².